The van der Waals surface area contributed by atoms with Gasteiger partial charge in [0.1, 0.15) is 4.34 Å². The molecule has 0 aliphatic carbocycles. The summed E-state index contributed by atoms with van der Waals surface area (Å²) in [5, 5.41) is 0. The van der Waals surface area contributed by atoms with Crippen molar-refractivity contribution in [2.45, 2.75) is 13.0 Å². The van der Waals surface area contributed by atoms with Gasteiger partial charge in [-0.25, -0.2) is 0 Å². The van der Waals surface area contributed by atoms with Gasteiger partial charge < -0.3 is 10.6 Å². The standard InChI is InChI=1S/C14H13BrClN3S/c1-8-2-4-9(5-3-8)19-11(7-18-14(19)17)12-6-10(15)13(16)20-12/h2-6,11H,7H2,1H3,(H2,17,18). The first-order valence-corrected chi connectivity index (χ1v) is 8.15. The number of rotatable bonds is 2. The van der Waals surface area contributed by atoms with Crippen LogP contribution in [0.5, 0.6) is 0 Å². The first kappa shape index (κ1) is 13.9. The third-order valence-corrected chi connectivity index (χ3v) is 5.87. The van der Waals surface area contributed by atoms with Gasteiger partial charge in [-0.3, -0.25) is 4.99 Å². The van der Waals surface area contributed by atoms with E-state index in [4.69, 9.17) is 17.3 Å². The van der Waals surface area contributed by atoms with Crippen molar-refractivity contribution >= 4 is 50.5 Å². The highest BCUT2D eigenvalue weighted by molar-refractivity contribution is 9.10. The molecular weight excluding hydrogens is 358 g/mol. The number of anilines is 1. The molecule has 1 aliphatic heterocycles. The Bertz CT molecular complexity index is 646. The monoisotopic (exact) mass is 369 g/mol. The number of aryl methyl sites for hydroxylation is 1. The summed E-state index contributed by atoms with van der Waals surface area (Å²) >= 11 is 11.2. The van der Waals surface area contributed by atoms with Gasteiger partial charge >= 0.3 is 0 Å². The molecule has 1 aliphatic rings. The number of hydrogen-bond acceptors (Lipinski definition) is 4. The van der Waals surface area contributed by atoms with Crippen LogP contribution in [-0.4, -0.2) is 12.5 Å². The minimum Gasteiger partial charge on any atom is -0.369 e. The fourth-order valence-corrected chi connectivity index (χ4v) is 4.08. The van der Waals surface area contributed by atoms with E-state index in [-0.39, 0.29) is 6.04 Å². The molecular formula is C14H13BrClN3S. The maximum atomic E-state index is 6.14. The average Bonchev–Trinajstić information content (AvgIpc) is 2.95. The third kappa shape index (κ3) is 2.45. The topological polar surface area (TPSA) is 41.6 Å². The molecule has 0 fully saturated rings. The van der Waals surface area contributed by atoms with Crippen LogP contribution in [0.25, 0.3) is 0 Å². The van der Waals surface area contributed by atoms with Crippen molar-refractivity contribution in [1.29, 1.82) is 0 Å². The molecule has 3 nitrogen and oxygen atoms in total. The van der Waals surface area contributed by atoms with Gasteiger partial charge in [0, 0.05) is 15.0 Å². The molecule has 0 radical (unpaired) electrons. The fraction of sp³-hybridized carbons (Fsp3) is 0.214. The van der Waals surface area contributed by atoms with Gasteiger partial charge in [0.05, 0.1) is 12.6 Å². The number of nitrogens with two attached hydrogens (primary N) is 1. The number of thiophene rings is 1. The van der Waals surface area contributed by atoms with Crippen molar-refractivity contribution in [2.75, 3.05) is 11.4 Å². The van der Waals surface area contributed by atoms with Gasteiger partial charge in [0.2, 0.25) is 0 Å². The predicted octanol–water partition coefficient (Wildman–Crippen LogP) is 4.35. The number of benzene rings is 1. The van der Waals surface area contributed by atoms with E-state index in [2.05, 4.69) is 57.0 Å². The largest absolute Gasteiger partial charge is 0.369 e. The Balaban J connectivity index is 1.98. The number of guanidine groups is 1. The molecule has 0 saturated heterocycles. The maximum Gasteiger partial charge on any atom is 0.196 e. The summed E-state index contributed by atoms with van der Waals surface area (Å²) in [7, 11) is 0. The Labute approximate surface area is 135 Å². The molecule has 2 heterocycles. The molecule has 2 aromatic rings. The number of halogens is 2. The highest BCUT2D eigenvalue weighted by atomic mass is 79.9. The molecule has 0 amide bonds. The van der Waals surface area contributed by atoms with E-state index in [0.717, 1.165) is 19.4 Å². The van der Waals surface area contributed by atoms with Crippen LogP contribution < -0.4 is 10.6 Å². The number of hydrogen-bond donors (Lipinski definition) is 1. The van der Waals surface area contributed by atoms with E-state index in [1.54, 1.807) is 11.3 Å². The Morgan fingerprint density at radius 2 is 2.10 bits per heavy atom. The highest BCUT2D eigenvalue weighted by Gasteiger charge is 2.30. The number of aliphatic imine (C=N–C) groups is 1. The van der Waals surface area contributed by atoms with Gasteiger partial charge in [0.25, 0.3) is 0 Å². The first-order chi connectivity index (χ1) is 9.56. The van der Waals surface area contributed by atoms with E-state index in [0.29, 0.717) is 12.5 Å². The second kappa shape index (κ2) is 5.39. The van der Waals surface area contributed by atoms with E-state index < -0.39 is 0 Å². The molecule has 0 bridgehead atoms. The summed E-state index contributed by atoms with van der Waals surface area (Å²) in [6, 6.07) is 10.5. The summed E-state index contributed by atoms with van der Waals surface area (Å²) in [5.74, 6) is 0.555. The summed E-state index contributed by atoms with van der Waals surface area (Å²) < 4.78 is 1.68. The molecule has 1 aromatic heterocycles. The zero-order valence-corrected chi connectivity index (χ0v) is 14.0. The van der Waals surface area contributed by atoms with Crippen molar-refractivity contribution in [1.82, 2.24) is 0 Å². The maximum absolute atomic E-state index is 6.14. The smallest absolute Gasteiger partial charge is 0.196 e. The van der Waals surface area contributed by atoms with Crippen molar-refractivity contribution in [3.63, 3.8) is 0 Å². The summed E-state index contributed by atoms with van der Waals surface area (Å²) in [6.45, 7) is 2.72. The van der Waals surface area contributed by atoms with Gasteiger partial charge in [-0.1, -0.05) is 29.3 Å². The normalized spacial score (nSPS) is 18.4. The van der Waals surface area contributed by atoms with Crippen LogP contribution in [0, 0.1) is 6.92 Å². The molecule has 2 N–H and O–H groups in total. The fourth-order valence-electron chi connectivity index (χ4n) is 2.26. The first-order valence-electron chi connectivity index (χ1n) is 6.17. The van der Waals surface area contributed by atoms with Gasteiger partial charge in [-0.2, -0.15) is 0 Å². The van der Waals surface area contributed by atoms with E-state index >= 15 is 0 Å². The molecule has 1 unspecified atom stereocenters. The van der Waals surface area contributed by atoms with Crippen LogP contribution in [0.3, 0.4) is 0 Å². The van der Waals surface area contributed by atoms with Crippen LogP contribution in [0.15, 0.2) is 39.8 Å². The zero-order valence-electron chi connectivity index (χ0n) is 10.8. The highest BCUT2D eigenvalue weighted by Crippen LogP contribution is 2.40. The van der Waals surface area contributed by atoms with Gasteiger partial charge in [0.15, 0.2) is 5.96 Å². The Morgan fingerprint density at radius 3 is 2.70 bits per heavy atom. The van der Waals surface area contributed by atoms with Crippen molar-refractivity contribution in [3.05, 3.63) is 49.6 Å². The molecule has 20 heavy (non-hydrogen) atoms. The molecule has 0 spiro atoms. The Hall–Kier alpha value is -1.04. The quantitative estimate of drug-likeness (QED) is 0.854. The van der Waals surface area contributed by atoms with Crippen LogP contribution in [-0.2, 0) is 0 Å². The summed E-state index contributed by atoms with van der Waals surface area (Å²) in [6.07, 6.45) is 0. The molecule has 1 aromatic carbocycles. The molecule has 1 atom stereocenters. The van der Waals surface area contributed by atoms with Gasteiger partial charge in [-0.05, 0) is 41.1 Å². The summed E-state index contributed by atoms with van der Waals surface area (Å²) in [4.78, 5) is 7.60. The lowest BCUT2D eigenvalue weighted by Crippen LogP contribution is -2.35. The van der Waals surface area contributed by atoms with Crippen LogP contribution in [0.2, 0.25) is 4.34 Å². The Kier molecular flexibility index (Phi) is 3.75. The lowest BCUT2D eigenvalue weighted by atomic mass is 10.1. The van der Waals surface area contributed by atoms with Crippen LogP contribution >= 0.6 is 38.9 Å². The molecule has 104 valence electrons. The molecule has 3 rings (SSSR count). The molecule has 6 heteroatoms. The SMILES string of the molecule is Cc1ccc(N2C(N)=NCC2c2cc(Br)c(Cl)s2)cc1. The zero-order chi connectivity index (χ0) is 14.3. The predicted molar refractivity (Wildman–Crippen MR) is 89.9 cm³/mol. The van der Waals surface area contributed by atoms with E-state index in [9.17, 15) is 0 Å². The lowest BCUT2D eigenvalue weighted by Gasteiger charge is -2.25. The molecule has 0 saturated carbocycles. The minimum atomic E-state index is 0.117. The van der Waals surface area contributed by atoms with E-state index in [1.165, 1.54) is 5.56 Å². The summed E-state index contributed by atoms with van der Waals surface area (Å²) in [5.41, 5.74) is 8.34. The van der Waals surface area contributed by atoms with Crippen molar-refractivity contribution in [2.24, 2.45) is 10.7 Å². The lowest BCUT2D eigenvalue weighted by molar-refractivity contribution is 0.784. The van der Waals surface area contributed by atoms with Crippen molar-refractivity contribution in [3.8, 4) is 0 Å². The third-order valence-electron chi connectivity index (χ3n) is 3.29. The minimum absolute atomic E-state index is 0.117. The van der Waals surface area contributed by atoms with Gasteiger partial charge in [-0.15, -0.1) is 11.3 Å². The second-order valence-electron chi connectivity index (χ2n) is 4.69. The van der Waals surface area contributed by atoms with E-state index in [1.807, 2.05) is 6.07 Å². The second-order valence-corrected chi connectivity index (χ2v) is 7.23. The Morgan fingerprint density at radius 1 is 1.40 bits per heavy atom. The van der Waals surface area contributed by atoms with Crippen molar-refractivity contribution < 1.29 is 0 Å². The van der Waals surface area contributed by atoms with Crippen LogP contribution in [0.1, 0.15) is 16.5 Å². The number of nitrogens with zero attached hydrogens (tertiary/aromatic N) is 2. The van der Waals surface area contributed by atoms with Crippen LogP contribution in [0.4, 0.5) is 5.69 Å². The average molecular weight is 371 g/mol.